The summed E-state index contributed by atoms with van der Waals surface area (Å²) in [6, 6.07) is 7.13. The van der Waals surface area contributed by atoms with Crippen molar-refractivity contribution in [1.29, 1.82) is 0 Å². The summed E-state index contributed by atoms with van der Waals surface area (Å²) < 4.78 is 15.8. The zero-order chi connectivity index (χ0) is 16.5. The minimum Gasteiger partial charge on any atom is -0.308 e. The number of rotatable bonds is 4. The van der Waals surface area contributed by atoms with Gasteiger partial charge in [-0.2, -0.15) is 5.10 Å². The first-order valence-electron chi connectivity index (χ1n) is 8.42. The maximum absolute atomic E-state index is 13.8. The molecule has 2 aromatic heterocycles. The van der Waals surface area contributed by atoms with Crippen LogP contribution in [0.4, 0.5) is 4.39 Å². The van der Waals surface area contributed by atoms with E-state index in [1.165, 1.54) is 6.07 Å². The van der Waals surface area contributed by atoms with Gasteiger partial charge in [-0.25, -0.2) is 14.1 Å². The molecule has 4 rings (SSSR count). The third-order valence-corrected chi connectivity index (χ3v) is 4.55. The fraction of sp³-hybridized carbons (Fsp3) is 0.389. The third-order valence-electron chi connectivity index (χ3n) is 4.55. The first-order chi connectivity index (χ1) is 11.7. The molecule has 6 heteroatoms. The van der Waals surface area contributed by atoms with Crippen molar-refractivity contribution >= 4 is 10.9 Å². The van der Waals surface area contributed by atoms with Gasteiger partial charge in [-0.1, -0.05) is 13.0 Å². The van der Waals surface area contributed by atoms with Crippen molar-refractivity contribution in [2.24, 2.45) is 0 Å². The van der Waals surface area contributed by atoms with Crippen LogP contribution in [0, 0.1) is 5.82 Å². The zero-order valence-electron chi connectivity index (χ0n) is 13.7. The van der Waals surface area contributed by atoms with E-state index in [0.29, 0.717) is 12.6 Å². The van der Waals surface area contributed by atoms with E-state index < -0.39 is 0 Å². The van der Waals surface area contributed by atoms with Crippen LogP contribution >= 0.6 is 0 Å². The molecule has 1 aromatic carbocycles. The van der Waals surface area contributed by atoms with E-state index in [4.69, 9.17) is 0 Å². The summed E-state index contributed by atoms with van der Waals surface area (Å²) in [4.78, 5) is 8.94. The quantitative estimate of drug-likeness (QED) is 0.801. The number of hydrogen-bond acceptors (Lipinski definition) is 4. The summed E-state index contributed by atoms with van der Waals surface area (Å²) in [5, 5.41) is 8.90. The first-order valence-corrected chi connectivity index (χ1v) is 8.42. The van der Waals surface area contributed by atoms with Crippen LogP contribution in [0.15, 0.2) is 30.5 Å². The Hall–Kier alpha value is -2.34. The molecule has 5 nitrogen and oxygen atoms in total. The molecule has 3 aromatic rings. The second-order valence-corrected chi connectivity index (χ2v) is 6.24. The maximum Gasteiger partial charge on any atom is 0.150 e. The molecule has 1 N–H and O–H groups in total. The van der Waals surface area contributed by atoms with Gasteiger partial charge in [0.1, 0.15) is 11.6 Å². The molecular formula is C18H20FN5. The molecule has 1 aliphatic heterocycles. The Morgan fingerprint density at radius 3 is 3.17 bits per heavy atom. The number of benzene rings is 1. The molecule has 0 aliphatic carbocycles. The first kappa shape index (κ1) is 15.2. The van der Waals surface area contributed by atoms with Crippen LogP contribution in [0.25, 0.3) is 10.9 Å². The molecular weight excluding hydrogens is 305 g/mol. The standard InChI is InChI=1S/C18H20FN5/c1-2-16-22-17-6-5-15(11-24(17)23-16)21-10-13-9-14(19)8-12-4-3-7-20-18(12)13/h3-4,7-9,15,21H,2,5-6,10-11H2,1H3/t15-/m0/s1. The van der Waals surface area contributed by atoms with Crippen LogP contribution in [0.5, 0.6) is 0 Å². The van der Waals surface area contributed by atoms with Crippen LogP contribution in [-0.2, 0) is 25.9 Å². The monoisotopic (exact) mass is 325 g/mol. The molecule has 1 aliphatic rings. The summed E-state index contributed by atoms with van der Waals surface area (Å²) >= 11 is 0. The molecule has 1 atom stereocenters. The fourth-order valence-electron chi connectivity index (χ4n) is 3.29. The third kappa shape index (κ3) is 2.89. The lowest BCUT2D eigenvalue weighted by Gasteiger charge is -2.23. The number of pyridine rings is 1. The summed E-state index contributed by atoms with van der Waals surface area (Å²) in [6.45, 7) is 3.47. The lowest BCUT2D eigenvalue weighted by Crippen LogP contribution is -2.37. The zero-order valence-corrected chi connectivity index (χ0v) is 13.7. The summed E-state index contributed by atoms with van der Waals surface area (Å²) in [5.74, 6) is 1.76. The van der Waals surface area contributed by atoms with Gasteiger partial charge in [0.25, 0.3) is 0 Å². The second kappa shape index (κ2) is 6.28. The van der Waals surface area contributed by atoms with E-state index >= 15 is 0 Å². The van der Waals surface area contributed by atoms with Gasteiger partial charge in [-0.05, 0) is 30.2 Å². The number of fused-ring (bicyclic) bond motifs is 2. The Kier molecular flexibility index (Phi) is 3.98. The lowest BCUT2D eigenvalue weighted by molar-refractivity contribution is 0.357. The van der Waals surface area contributed by atoms with Gasteiger partial charge in [0.2, 0.25) is 0 Å². The van der Waals surface area contributed by atoms with Crippen LogP contribution in [-0.4, -0.2) is 25.8 Å². The molecule has 0 bridgehead atoms. The van der Waals surface area contributed by atoms with Gasteiger partial charge in [-0.3, -0.25) is 4.98 Å². The number of hydrogen-bond donors (Lipinski definition) is 1. The van der Waals surface area contributed by atoms with E-state index in [9.17, 15) is 4.39 Å². The number of nitrogens with zero attached hydrogens (tertiary/aromatic N) is 4. The molecule has 0 spiro atoms. The molecule has 0 saturated heterocycles. The van der Waals surface area contributed by atoms with E-state index in [0.717, 1.165) is 53.9 Å². The van der Waals surface area contributed by atoms with Crippen molar-refractivity contribution in [3.05, 3.63) is 53.5 Å². The number of halogens is 1. The summed E-state index contributed by atoms with van der Waals surface area (Å²) in [5.41, 5.74) is 1.75. The van der Waals surface area contributed by atoms with Crippen molar-refractivity contribution in [2.75, 3.05) is 0 Å². The molecule has 0 radical (unpaired) electrons. The SMILES string of the molecule is CCc1nc2n(n1)C[C@@H](NCc1cc(F)cc3cccnc13)CC2. The molecule has 0 unspecified atom stereocenters. The van der Waals surface area contributed by atoms with Crippen molar-refractivity contribution < 1.29 is 4.39 Å². The number of nitrogens with one attached hydrogen (secondary N) is 1. The van der Waals surface area contributed by atoms with Gasteiger partial charge < -0.3 is 5.32 Å². The maximum atomic E-state index is 13.8. The molecule has 3 heterocycles. The van der Waals surface area contributed by atoms with Gasteiger partial charge in [0, 0.05) is 37.0 Å². The van der Waals surface area contributed by atoms with Gasteiger partial charge in [0.15, 0.2) is 5.82 Å². The highest BCUT2D eigenvalue weighted by Crippen LogP contribution is 2.19. The predicted octanol–water partition coefficient (Wildman–Crippen LogP) is 2.63. The molecule has 0 amide bonds. The van der Waals surface area contributed by atoms with Crippen molar-refractivity contribution in [2.45, 2.75) is 45.3 Å². The Morgan fingerprint density at radius 1 is 1.38 bits per heavy atom. The van der Waals surface area contributed by atoms with Crippen LogP contribution in [0.3, 0.4) is 0 Å². The van der Waals surface area contributed by atoms with Crippen LogP contribution in [0.2, 0.25) is 0 Å². The summed E-state index contributed by atoms with van der Waals surface area (Å²) in [7, 11) is 0. The van der Waals surface area contributed by atoms with Crippen molar-refractivity contribution in [3.63, 3.8) is 0 Å². The number of aromatic nitrogens is 4. The largest absolute Gasteiger partial charge is 0.308 e. The van der Waals surface area contributed by atoms with E-state index in [2.05, 4.69) is 27.3 Å². The Bertz CT molecular complexity index is 873. The highest BCUT2D eigenvalue weighted by atomic mass is 19.1. The van der Waals surface area contributed by atoms with Gasteiger partial charge in [-0.15, -0.1) is 0 Å². The van der Waals surface area contributed by atoms with Crippen LogP contribution < -0.4 is 5.32 Å². The van der Waals surface area contributed by atoms with Crippen molar-refractivity contribution in [1.82, 2.24) is 25.1 Å². The number of aryl methyl sites for hydroxylation is 2. The minimum atomic E-state index is -0.220. The normalized spacial score (nSPS) is 17.2. The predicted molar refractivity (Wildman–Crippen MR) is 90.0 cm³/mol. The Balaban J connectivity index is 1.50. The van der Waals surface area contributed by atoms with Gasteiger partial charge in [0.05, 0.1) is 12.1 Å². The van der Waals surface area contributed by atoms with E-state index in [-0.39, 0.29) is 5.82 Å². The topological polar surface area (TPSA) is 55.6 Å². The second-order valence-electron chi connectivity index (χ2n) is 6.24. The average Bonchev–Trinajstić information content (AvgIpc) is 3.02. The molecule has 0 fully saturated rings. The smallest absolute Gasteiger partial charge is 0.150 e. The highest BCUT2D eigenvalue weighted by Gasteiger charge is 2.21. The highest BCUT2D eigenvalue weighted by molar-refractivity contribution is 5.81. The van der Waals surface area contributed by atoms with Crippen molar-refractivity contribution in [3.8, 4) is 0 Å². The Labute approximate surface area is 139 Å². The fourth-order valence-corrected chi connectivity index (χ4v) is 3.29. The molecule has 24 heavy (non-hydrogen) atoms. The Morgan fingerprint density at radius 2 is 2.29 bits per heavy atom. The van der Waals surface area contributed by atoms with E-state index in [1.807, 2.05) is 16.8 Å². The lowest BCUT2D eigenvalue weighted by atomic mass is 10.1. The van der Waals surface area contributed by atoms with Gasteiger partial charge >= 0.3 is 0 Å². The summed E-state index contributed by atoms with van der Waals surface area (Å²) in [6.07, 6.45) is 4.55. The molecule has 124 valence electrons. The molecule has 0 saturated carbocycles. The average molecular weight is 325 g/mol. The van der Waals surface area contributed by atoms with Crippen LogP contribution in [0.1, 0.15) is 30.6 Å². The minimum absolute atomic E-state index is 0.220. The van der Waals surface area contributed by atoms with E-state index in [1.54, 1.807) is 12.3 Å².